The molecule has 0 aromatic rings. The maximum Gasteiger partial charge on any atom is 0.167 e. The molecule has 0 spiro atoms. The van der Waals surface area contributed by atoms with Gasteiger partial charge in [0.05, 0.1) is 37.1 Å². The Balaban J connectivity index is 1.78. The zero-order chi connectivity index (χ0) is 16.4. The molecule has 2 heterocycles. The minimum atomic E-state index is -0.893. The van der Waals surface area contributed by atoms with Crippen LogP contribution in [0.3, 0.4) is 0 Å². The van der Waals surface area contributed by atoms with Gasteiger partial charge in [-0.1, -0.05) is 27.7 Å². The molecule has 9 atom stereocenters. The third kappa shape index (κ3) is 4.02. The highest BCUT2D eigenvalue weighted by molar-refractivity contribution is 7.46. The van der Waals surface area contributed by atoms with E-state index < -0.39 is 8.38 Å². The van der Waals surface area contributed by atoms with Crippen molar-refractivity contribution < 1.29 is 18.5 Å². The predicted octanol–water partition coefficient (Wildman–Crippen LogP) is 4.22. The van der Waals surface area contributed by atoms with Crippen molar-refractivity contribution in [2.24, 2.45) is 17.8 Å². The highest BCUT2D eigenvalue weighted by Crippen LogP contribution is 2.43. The fraction of sp³-hybridized carbons (Fsp3) is 1.00. The van der Waals surface area contributed by atoms with Gasteiger partial charge in [-0.05, 0) is 32.1 Å². The van der Waals surface area contributed by atoms with Crippen molar-refractivity contribution >= 4 is 8.38 Å². The molecule has 2 aliphatic rings. The molecular weight excluding hydrogens is 299 g/mol. The fourth-order valence-electron chi connectivity index (χ4n) is 3.63. The summed E-state index contributed by atoms with van der Waals surface area (Å²) in [6.45, 7) is 15.8. The molecule has 0 aromatic heterocycles. The number of hydrogen-bond donors (Lipinski definition) is 0. The minimum Gasteiger partial charge on any atom is -0.372 e. The Morgan fingerprint density at radius 1 is 0.864 bits per heavy atom. The molecule has 2 aliphatic heterocycles. The largest absolute Gasteiger partial charge is 0.372 e. The molecule has 130 valence electrons. The van der Waals surface area contributed by atoms with Gasteiger partial charge in [0.1, 0.15) is 0 Å². The van der Waals surface area contributed by atoms with Crippen LogP contribution in [0.1, 0.15) is 48.0 Å². The summed E-state index contributed by atoms with van der Waals surface area (Å²) < 4.78 is 24.1. The van der Waals surface area contributed by atoms with E-state index in [-0.39, 0.29) is 18.3 Å². The fourth-order valence-corrected chi connectivity index (χ4v) is 4.75. The van der Waals surface area contributed by atoms with Gasteiger partial charge in [-0.25, -0.2) is 0 Å². The first-order chi connectivity index (χ1) is 10.3. The van der Waals surface area contributed by atoms with Crippen LogP contribution in [0.5, 0.6) is 0 Å². The molecular formula is C17H33O4P. The summed E-state index contributed by atoms with van der Waals surface area (Å²) in [5.74, 6) is 1.55. The van der Waals surface area contributed by atoms with Gasteiger partial charge in [-0.2, -0.15) is 0 Å². The summed E-state index contributed by atoms with van der Waals surface area (Å²) in [6, 6.07) is 0. The normalized spacial score (nSPS) is 47.0. The quantitative estimate of drug-likeness (QED) is 0.682. The second kappa shape index (κ2) is 7.90. The van der Waals surface area contributed by atoms with E-state index in [9.17, 15) is 0 Å². The first kappa shape index (κ1) is 18.6. The first-order valence-corrected chi connectivity index (χ1v) is 10.3. The van der Waals surface area contributed by atoms with E-state index in [2.05, 4.69) is 41.5 Å². The van der Waals surface area contributed by atoms with Crippen LogP contribution < -0.4 is 0 Å². The zero-order valence-corrected chi connectivity index (χ0v) is 16.0. The Bertz CT molecular complexity index is 354. The molecule has 0 aromatic carbocycles. The molecule has 4 nitrogen and oxygen atoms in total. The molecule has 2 saturated heterocycles. The predicted molar refractivity (Wildman–Crippen MR) is 90.1 cm³/mol. The van der Waals surface area contributed by atoms with E-state index in [1.807, 2.05) is 6.66 Å². The van der Waals surface area contributed by atoms with E-state index in [0.29, 0.717) is 36.6 Å². The van der Waals surface area contributed by atoms with E-state index in [1.165, 1.54) is 0 Å². The third-order valence-corrected chi connectivity index (χ3v) is 6.65. The molecule has 0 radical (unpaired) electrons. The third-order valence-electron chi connectivity index (χ3n) is 5.60. The van der Waals surface area contributed by atoms with Crippen molar-refractivity contribution in [2.75, 3.05) is 13.3 Å². The topological polar surface area (TPSA) is 36.9 Å². The smallest absolute Gasteiger partial charge is 0.167 e. The van der Waals surface area contributed by atoms with Crippen LogP contribution in [0.4, 0.5) is 0 Å². The van der Waals surface area contributed by atoms with Crippen molar-refractivity contribution in [1.82, 2.24) is 0 Å². The minimum absolute atomic E-state index is 0.140. The Labute approximate surface area is 137 Å². The highest BCUT2D eigenvalue weighted by atomic mass is 31.2. The standard InChI is InChI=1S/C17H33O4P/c1-8-15-12(4)17(14(6)20-15)21-22(7)18-9-16-11(3)10(2)13(5)19-16/h10-17H,8-9H2,1-7H3/t10?,11?,12?,13-,14-,15+,16+,17?,22?/m0/s1. The number of ether oxygens (including phenoxy) is 2. The lowest BCUT2D eigenvalue weighted by Gasteiger charge is -2.25. The van der Waals surface area contributed by atoms with E-state index in [0.717, 1.165) is 6.42 Å². The van der Waals surface area contributed by atoms with E-state index >= 15 is 0 Å². The van der Waals surface area contributed by atoms with E-state index in [1.54, 1.807) is 0 Å². The van der Waals surface area contributed by atoms with Gasteiger partial charge in [-0.3, -0.25) is 0 Å². The number of hydrogen-bond acceptors (Lipinski definition) is 4. The number of rotatable bonds is 6. The maximum atomic E-state index is 6.18. The maximum absolute atomic E-state index is 6.18. The van der Waals surface area contributed by atoms with Gasteiger partial charge in [0.2, 0.25) is 0 Å². The first-order valence-electron chi connectivity index (χ1n) is 8.69. The molecule has 2 rings (SSSR count). The van der Waals surface area contributed by atoms with Crippen LogP contribution in [0.2, 0.25) is 0 Å². The molecule has 0 bridgehead atoms. The molecule has 0 saturated carbocycles. The van der Waals surface area contributed by atoms with Crippen LogP contribution in [0.25, 0.3) is 0 Å². The highest BCUT2D eigenvalue weighted by Gasteiger charge is 2.41. The van der Waals surface area contributed by atoms with Crippen LogP contribution in [-0.2, 0) is 18.5 Å². The SMILES string of the molecule is CC[C@H]1O[C@@H](C)C(OP(C)OC[C@H]2O[C@@H](C)C(C)C2C)C1C. The van der Waals surface area contributed by atoms with Gasteiger partial charge in [0.15, 0.2) is 8.38 Å². The van der Waals surface area contributed by atoms with Gasteiger partial charge in [-0.15, -0.1) is 0 Å². The van der Waals surface area contributed by atoms with Crippen molar-refractivity contribution in [1.29, 1.82) is 0 Å². The van der Waals surface area contributed by atoms with Crippen molar-refractivity contribution in [2.45, 2.75) is 78.5 Å². The van der Waals surface area contributed by atoms with Gasteiger partial charge in [0, 0.05) is 12.6 Å². The van der Waals surface area contributed by atoms with Crippen molar-refractivity contribution in [3.8, 4) is 0 Å². The lowest BCUT2D eigenvalue weighted by molar-refractivity contribution is 0.00612. The second-order valence-electron chi connectivity index (χ2n) is 7.05. The summed E-state index contributed by atoms with van der Waals surface area (Å²) in [6.07, 6.45) is 2.15. The van der Waals surface area contributed by atoms with Crippen LogP contribution in [-0.4, -0.2) is 43.8 Å². The summed E-state index contributed by atoms with van der Waals surface area (Å²) in [7, 11) is -0.893. The van der Waals surface area contributed by atoms with Gasteiger partial charge < -0.3 is 18.5 Å². The Morgan fingerprint density at radius 3 is 2.00 bits per heavy atom. The van der Waals surface area contributed by atoms with Crippen LogP contribution >= 0.6 is 8.38 Å². The molecule has 22 heavy (non-hydrogen) atoms. The average Bonchev–Trinajstić information content (AvgIpc) is 2.89. The molecule has 0 amide bonds. The van der Waals surface area contributed by atoms with Crippen LogP contribution in [0, 0.1) is 17.8 Å². The summed E-state index contributed by atoms with van der Waals surface area (Å²) in [5.41, 5.74) is 0. The van der Waals surface area contributed by atoms with Crippen LogP contribution in [0.15, 0.2) is 0 Å². The Morgan fingerprint density at radius 2 is 1.50 bits per heavy atom. The molecule has 2 fully saturated rings. The van der Waals surface area contributed by atoms with Crippen molar-refractivity contribution in [3.63, 3.8) is 0 Å². The van der Waals surface area contributed by atoms with E-state index in [4.69, 9.17) is 18.5 Å². The molecule has 5 heteroatoms. The Kier molecular flexibility index (Phi) is 6.68. The molecule has 0 N–H and O–H groups in total. The van der Waals surface area contributed by atoms with Gasteiger partial charge in [0.25, 0.3) is 0 Å². The summed E-state index contributed by atoms with van der Waals surface area (Å²) >= 11 is 0. The summed E-state index contributed by atoms with van der Waals surface area (Å²) in [4.78, 5) is 0. The van der Waals surface area contributed by atoms with Gasteiger partial charge >= 0.3 is 0 Å². The average molecular weight is 332 g/mol. The monoisotopic (exact) mass is 332 g/mol. The zero-order valence-electron chi connectivity index (χ0n) is 15.1. The lowest BCUT2D eigenvalue weighted by Crippen LogP contribution is -2.27. The molecule has 0 aliphatic carbocycles. The lowest BCUT2D eigenvalue weighted by atomic mass is 9.91. The Hall–Kier alpha value is 0.270. The second-order valence-corrected chi connectivity index (χ2v) is 8.40. The summed E-state index contributed by atoms with van der Waals surface area (Å²) in [5, 5.41) is 0. The van der Waals surface area contributed by atoms with Crippen molar-refractivity contribution in [3.05, 3.63) is 0 Å². The molecule has 5 unspecified atom stereocenters.